The molecule has 1 amide bonds. The lowest BCUT2D eigenvalue weighted by atomic mass is 10.3. The average Bonchev–Trinajstić information content (AvgIpc) is 2.48. The van der Waals surface area contributed by atoms with Gasteiger partial charge in [0.25, 0.3) is 5.91 Å². The normalized spacial score (nSPS) is 8.77. The number of carbonyl (C=O) groups excluding carboxylic acids is 1. The van der Waals surface area contributed by atoms with Crippen LogP contribution in [0.1, 0.15) is 5.56 Å². The molecule has 0 aliphatic heterocycles. The largest absolute Gasteiger partial charge is 0.341 e. The van der Waals surface area contributed by atoms with Crippen molar-refractivity contribution in [3.8, 4) is 10.8 Å². The predicted octanol–water partition coefficient (Wildman–Crippen LogP) is 2.37. The molecular formula is C8H5BrClNOS. The van der Waals surface area contributed by atoms with Crippen molar-refractivity contribution >= 4 is 44.8 Å². The fourth-order valence-electron chi connectivity index (χ4n) is 0.708. The molecule has 0 aliphatic carbocycles. The van der Waals surface area contributed by atoms with Crippen LogP contribution in [0.4, 0.5) is 0 Å². The minimum atomic E-state index is -0.320. The molecule has 5 heteroatoms. The molecule has 0 saturated heterocycles. The van der Waals surface area contributed by atoms with Crippen molar-refractivity contribution in [2.75, 3.05) is 0 Å². The van der Waals surface area contributed by atoms with Crippen molar-refractivity contribution in [3.63, 3.8) is 0 Å². The second-order valence-corrected chi connectivity index (χ2v) is 4.04. The van der Waals surface area contributed by atoms with Gasteiger partial charge in [0.1, 0.15) is 0 Å². The Morgan fingerprint density at radius 3 is 3.08 bits per heavy atom. The van der Waals surface area contributed by atoms with Gasteiger partial charge in [-0.1, -0.05) is 11.6 Å². The first-order chi connectivity index (χ1) is 6.24. The Kier molecular flexibility index (Phi) is 4.29. The molecule has 1 heterocycles. The zero-order valence-corrected chi connectivity index (χ0v) is 9.59. The molecule has 0 spiro atoms. The van der Waals surface area contributed by atoms with Gasteiger partial charge in [0.2, 0.25) is 0 Å². The Bertz CT molecular complexity index is 366. The summed E-state index contributed by atoms with van der Waals surface area (Å²) < 4.78 is 0.701. The molecule has 0 aromatic carbocycles. The fourth-order valence-corrected chi connectivity index (χ4v) is 1.82. The van der Waals surface area contributed by atoms with Crippen LogP contribution >= 0.6 is 38.9 Å². The van der Waals surface area contributed by atoms with Gasteiger partial charge in [-0.3, -0.25) is 4.79 Å². The fraction of sp³-hybridized carbons (Fsp3) is 0.125. The highest BCUT2D eigenvalue weighted by Crippen LogP contribution is 2.22. The summed E-state index contributed by atoms with van der Waals surface area (Å²) in [7, 11) is 0. The maximum absolute atomic E-state index is 10.9. The number of amides is 1. The van der Waals surface area contributed by atoms with E-state index in [4.69, 9.17) is 11.6 Å². The van der Waals surface area contributed by atoms with Crippen LogP contribution < -0.4 is 5.32 Å². The summed E-state index contributed by atoms with van der Waals surface area (Å²) >= 11 is 10.1. The van der Waals surface area contributed by atoms with Crippen molar-refractivity contribution in [1.29, 1.82) is 0 Å². The van der Waals surface area contributed by atoms with Gasteiger partial charge >= 0.3 is 0 Å². The lowest BCUT2D eigenvalue weighted by Crippen LogP contribution is -2.20. The molecule has 2 nitrogen and oxygen atoms in total. The average molecular weight is 279 g/mol. The Labute approximate surface area is 93.4 Å². The third-order valence-electron chi connectivity index (χ3n) is 1.29. The van der Waals surface area contributed by atoms with Crippen molar-refractivity contribution in [2.24, 2.45) is 0 Å². The Morgan fingerprint density at radius 2 is 2.54 bits per heavy atom. The van der Waals surface area contributed by atoms with Crippen LogP contribution in [-0.2, 0) is 11.3 Å². The molecule has 1 N–H and O–H groups in total. The lowest BCUT2D eigenvalue weighted by molar-refractivity contribution is -0.115. The second-order valence-electron chi connectivity index (χ2n) is 2.12. The number of nitrogens with one attached hydrogen (secondary N) is 1. The van der Waals surface area contributed by atoms with Gasteiger partial charge in [0.15, 0.2) is 0 Å². The van der Waals surface area contributed by atoms with E-state index in [9.17, 15) is 4.79 Å². The highest BCUT2D eigenvalue weighted by Gasteiger charge is 2.02. The molecule has 0 aliphatic rings. The van der Waals surface area contributed by atoms with Gasteiger partial charge in [0, 0.05) is 34.0 Å². The SMILES string of the molecule is O=C(C#CBr)NCc1ccsc1Cl. The van der Waals surface area contributed by atoms with Crippen molar-refractivity contribution in [1.82, 2.24) is 5.32 Å². The Balaban J connectivity index is 2.47. The minimum absolute atomic E-state index is 0.320. The summed E-state index contributed by atoms with van der Waals surface area (Å²) in [6, 6.07) is 1.87. The first-order valence-corrected chi connectivity index (χ1v) is 5.40. The van der Waals surface area contributed by atoms with E-state index in [0.717, 1.165) is 5.56 Å². The van der Waals surface area contributed by atoms with Crippen LogP contribution in [0.2, 0.25) is 4.34 Å². The van der Waals surface area contributed by atoms with Gasteiger partial charge < -0.3 is 5.32 Å². The summed E-state index contributed by atoms with van der Waals surface area (Å²) in [5.41, 5.74) is 0.913. The third-order valence-corrected chi connectivity index (χ3v) is 2.74. The van der Waals surface area contributed by atoms with Crippen molar-refractivity contribution in [3.05, 3.63) is 21.3 Å². The molecule has 13 heavy (non-hydrogen) atoms. The molecule has 0 bridgehead atoms. The van der Waals surface area contributed by atoms with Gasteiger partial charge in [-0.2, -0.15) is 0 Å². The van der Waals surface area contributed by atoms with Crippen LogP contribution in [0.25, 0.3) is 0 Å². The highest BCUT2D eigenvalue weighted by molar-refractivity contribution is 9.12. The molecule has 0 saturated carbocycles. The monoisotopic (exact) mass is 277 g/mol. The standard InChI is InChI=1S/C8H5BrClNOS/c9-3-1-7(12)11-5-6-2-4-13-8(6)10/h2,4H,5H2,(H,11,12). The summed E-state index contributed by atoms with van der Waals surface area (Å²) in [6.07, 6.45) is 0. The maximum atomic E-state index is 10.9. The lowest BCUT2D eigenvalue weighted by Gasteiger charge is -1.97. The first kappa shape index (κ1) is 10.6. The maximum Gasteiger partial charge on any atom is 0.297 e. The molecule has 0 unspecified atom stereocenters. The number of thiophene rings is 1. The third kappa shape index (κ3) is 3.39. The zero-order chi connectivity index (χ0) is 9.68. The summed E-state index contributed by atoms with van der Waals surface area (Å²) in [5, 5.41) is 4.48. The number of hydrogen-bond acceptors (Lipinski definition) is 2. The van der Waals surface area contributed by atoms with Crippen LogP contribution in [0.15, 0.2) is 11.4 Å². The topological polar surface area (TPSA) is 29.1 Å². The first-order valence-electron chi connectivity index (χ1n) is 3.35. The van der Waals surface area contributed by atoms with Gasteiger partial charge in [-0.05, 0) is 16.3 Å². The van der Waals surface area contributed by atoms with Crippen LogP contribution in [-0.4, -0.2) is 5.91 Å². The van der Waals surface area contributed by atoms with Gasteiger partial charge in [0.05, 0.1) is 4.34 Å². The van der Waals surface area contributed by atoms with Gasteiger partial charge in [-0.15, -0.1) is 11.3 Å². The molecule has 1 rings (SSSR count). The highest BCUT2D eigenvalue weighted by atomic mass is 79.9. The molecule has 0 atom stereocenters. The Morgan fingerprint density at radius 1 is 1.77 bits per heavy atom. The predicted molar refractivity (Wildman–Crippen MR) is 57.9 cm³/mol. The minimum Gasteiger partial charge on any atom is -0.341 e. The van der Waals surface area contributed by atoms with Crippen LogP contribution in [0.5, 0.6) is 0 Å². The quantitative estimate of drug-likeness (QED) is 0.827. The van der Waals surface area contributed by atoms with Gasteiger partial charge in [-0.25, -0.2) is 0 Å². The molecule has 1 aromatic heterocycles. The summed E-state index contributed by atoms with van der Waals surface area (Å²) in [6.45, 7) is 0.419. The number of hydrogen-bond donors (Lipinski definition) is 1. The van der Waals surface area contributed by atoms with E-state index in [1.54, 1.807) is 0 Å². The molecular weight excluding hydrogens is 274 g/mol. The molecule has 68 valence electrons. The van der Waals surface area contributed by atoms with Crippen LogP contribution in [0, 0.1) is 10.8 Å². The van der Waals surface area contributed by atoms with E-state index < -0.39 is 0 Å². The van der Waals surface area contributed by atoms with Crippen molar-refractivity contribution < 1.29 is 4.79 Å². The number of carbonyl (C=O) groups is 1. The molecule has 1 aromatic rings. The van der Waals surface area contributed by atoms with Crippen LogP contribution in [0.3, 0.4) is 0 Å². The van der Waals surface area contributed by atoms with Crippen molar-refractivity contribution in [2.45, 2.75) is 6.54 Å². The summed E-state index contributed by atoms with van der Waals surface area (Å²) in [5.74, 6) is 1.98. The van der Waals surface area contributed by atoms with E-state index >= 15 is 0 Å². The number of rotatable bonds is 2. The summed E-state index contributed by atoms with van der Waals surface area (Å²) in [4.78, 5) is 13.2. The van der Waals surface area contributed by atoms with E-state index in [1.165, 1.54) is 11.3 Å². The van der Waals surface area contributed by atoms with E-state index in [-0.39, 0.29) is 5.91 Å². The number of halogens is 2. The smallest absolute Gasteiger partial charge is 0.297 e. The van der Waals surface area contributed by atoms with E-state index in [1.807, 2.05) is 11.4 Å². The second kappa shape index (κ2) is 5.28. The van der Waals surface area contributed by atoms with E-state index in [2.05, 4.69) is 32.0 Å². The molecule has 0 radical (unpaired) electrons. The Hall–Kier alpha value is -0.500. The zero-order valence-electron chi connectivity index (χ0n) is 6.43. The van der Waals surface area contributed by atoms with E-state index in [0.29, 0.717) is 10.9 Å². The molecule has 0 fully saturated rings.